The van der Waals surface area contributed by atoms with Crippen LogP contribution in [0.2, 0.25) is 0 Å². The van der Waals surface area contributed by atoms with Crippen LogP contribution in [0.5, 0.6) is 0 Å². The summed E-state index contributed by atoms with van der Waals surface area (Å²) in [4.78, 5) is 13.9. The first-order valence-corrected chi connectivity index (χ1v) is 7.56. The van der Waals surface area contributed by atoms with Crippen LogP contribution in [-0.2, 0) is 9.53 Å². The molecule has 3 unspecified atom stereocenters. The fraction of sp³-hybridized carbons (Fsp3) is 0.933. The molecular formula is C15H30N2O3. The highest BCUT2D eigenvalue weighted by atomic mass is 16.5. The summed E-state index contributed by atoms with van der Waals surface area (Å²) < 4.78 is 5.44. The third kappa shape index (κ3) is 4.72. The van der Waals surface area contributed by atoms with Gasteiger partial charge in [-0.2, -0.15) is 0 Å². The summed E-state index contributed by atoms with van der Waals surface area (Å²) in [7, 11) is 1.75. The van der Waals surface area contributed by atoms with E-state index in [-0.39, 0.29) is 18.2 Å². The van der Waals surface area contributed by atoms with Crippen molar-refractivity contribution in [1.29, 1.82) is 0 Å². The maximum absolute atomic E-state index is 11.6. The van der Waals surface area contributed by atoms with E-state index < -0.39 is 11.5 Å². The van der Waals surface area contributed by atoms with Crippen LogP contribution in [0.1, 0.15) is 47.0 Å². The molecule has 0 aromatic heterocycles. The number of nitrogens with zero attached hydrogens (tertiary/aromatic N) is 1. The Hall–Kier alpha value is -0.650. The van der Waals surface area contributed by atoms with Gasteiger partial charge in [-0.15, -0.1) is 0 Å². The van der Waals surface area contributed by atoms with Crippen molar-refractivity contribution in [2.45, 2.75) is 70.7 Å². The Labute approximate surface area is 122 Å². The summed E-state index contributed by atoms with van der Waals surface area (Å²) in [5.74, 6) is -0.779. The van der Waals surface area contributed by atoms with Gasteiger partial charge in [-0.3, -0.25) is 15.0 Å². The number of hydrogen-bond donors (Lipinski definition) is 2. The Morgan fingerprint density at radius 1 is 1.50 bits per heavy atom. The standard InChI is InChI=1S/C15H30N2O3/c1-11(2)16-15(4,14(18)19)9-12(3)17-8-6-7-13(10-17)20-5/h11-13,16H,6-10H2,1-5H3,(H,18,19). The van der Waals surface area contributed by atoms with Crippen molar-refractivity contribution in [3.63, 3.8) is 0 Å². The maximum Gasteiger partial charge on any atom is 0.323 e. The van der Waals surface area contributed by atoms with E-state index in [1.54, 1.807) is 14.0 Å². The lowest BCUT2D eigenvalue weighted by Crippen LogP contribution is -2.56. The third-order valence-corrected chi connectivity index (χ3v) is 4.15. The second kappa shape index (κ2) is 7.38. The van der Waals surface area contributed by atoms with Gasteiger partial charge in [0.15, 0.2) is 0 Å². The number of piperidine rings is 1. The van der Waals surface area contributed by atoms with E-state index in [0.29, 0.717) is 6.42 Å². The molecule has 3 atom stereocenters. The molecule has 118 valence electrons. The number of aliphatic carboxylic acids is 1. The average Bonchev–Trinajstić information content (AvgIpc) is 2.37. The predicted molar refractivity (Wildman–Crippen MR) is 80.0 cm³/mol. The van der Waals surface area contributed by atoms with Crippen LogP contribution in [-0.4, -0.2) is 59.9 Å². The molecule has 1 rings (SSSR count). The van der Waals surface area contributed by atoms with Crippen LogP contribution in [0.15, 0.2) is 0 Å². The molecule has 0 aliphatic carbocycles. The summed E-state index contributed by atoms with van der Waals surface area (Å²) in [6.45, 7) is 9.78. The van der Waals surface area contributed by atoms with E-state index in [4.69, 9.17) is 4.74 Å². The number of carbonyl (C=O) groups is 1. The fourth-order valence-electron chi connectivity index (χ4n) is 3.12. The molecule has 0 bridgehead atoms. The number of nitrogens with one attached hydrogen (secondary N) is 1. The third-order valence-electron chi connectivity index (χ3n) is 4.15. The Bertz CT molecular complexity index is 322. The van der Waals surface area contributed by atoms with E-state index in [0.717, 1.165) is 25.9 Å². The van der Waals surface area contributed by atoms with Crippen molar-refractivity contribution >= 4 is 5.97 Å². The van der Waals surface area contributed by atoms with Gasteiger partial charge in [0.05, 0.1) is 6.10 Å². The molecule has 5 nitrogen and oxygen atoms in total. The zero-order valence-electron chi connectivity index (χ0n) is 13.5. The molecule has 1 aliphatic heterocycles. The Morgan fingerprint density at radius 2 is 2.15 bits per heavy atom. The van der Waals surface area contributed by atoms with Gasteiger partial charge in [-0.1, -0.05) is 0 Å². The van der Waals surface area contributed by atoms with Crippen molar-refractivity contribution in [1.82, 2.24) is 10.2 Å². The van der Waals surface area contributed by atoms with E-state index in [1.165, 1.54) is 0 Å². The highest BCUT2D eigenvalue weighted by Gasteiger charge is 2.37. The summed E-state index contributed by atoms with van der Waals surface area (Å²) in [5.41, 5.74) is -0.881. The molecule has 0 saturated carbocycles. The minimum absolute atomic E-state index is 0.149. The number of carboxylic acid groups (broad SMARTS) is 1. The van der Waals surface area contributed by atoms with E-state index >= 15 is 0 Å². The number of methoxy groups -OCH3 is 1. The summed E-state index contributed by atoms with van der Waals surface area (Å²) >= 11 is 0. The lowest BCUT2D eigenvalue weighted by molar-refractivity contribution is -0.145. The lowest BCUT2D eigenvalue weighted by Gasteiger charge is -2.40. The quantitative estimate of drug-likeness (QED) is 0.746. The lowest BCUT2D eigenvalue weighted by atomic mass is 9.91. The molecule has 0 amide bonds. The van der Waals surface area contributed by atoms with Crippen molar-refractivity contribution in [3.8, 4) is 0 Å². The van der Waals surface area contributed by atoms with Gasteiger partial charge in [0.1, 0.15) is 5.54 Å². The van der Waals surface area contributed by atoms with E-state index in [1.807, 2.05) is 13.8 Å². The van der Waals surface area contributed by atoms with Gasteiger partial charge >= 0.3 is 5.97 Å². The zero-order chi connectivity index (χ0) is 15.3. The summed E-state index contributed by atoms with van der Waals surface area (Å²) in [6.07, 6.45) is 3.08. The maximum atomic E-state index is 11.6. The first kappa shape index (κ1) is 17.4. The van der Waals surface area contributed by atoms with Crippen LogP contribution in [0, 0.1) is 0 Å². The van der Waals surface area contributed by atoms with Gasteiger partial charge in [0.25, 0.3) is 0 Å². The molecule has 5 heteroatoms. The molecule has 20 heavy (non-hydrogen) atoms. The van der Waals surface area contributed by atoms with E-state index in [9.17, 15) is 9.90 Å². The smallest absolute Gasteiger partial charge is 0.323 e. The molecule has 1 heterocycles. The van der Waals surface area contributed by atoms with Gasteiger partial charge in [-0.05, 0) is 53.5 Å². The Kier molecular flexibility index (Phi) is 6.43. The predicted octanol–water partition coefficient (Wildman–Crippen LogP) is 1.72. The summed E-state index contributed by atoms with van der Waals surface area (Å²) in [5, 5.41) is 12.7. The molecule has 1 fully saturated rings. The van der Waals surface area contributed by atoms with Crippen molar-refractivity contribution in [2.75, 3.05) is 20.2 Å². The van der Waals surface area contributed by atoms with Crippen LogP contribution in [0.4, 0.5) is 0 Å². The molecule has 1 aliphatic rings. The number of hydrogen-bond acceptors (Lipinski definition) is 4. The number of ether oxygens (including phenoxy) is 1. The zero-order valence-corrected chi connectivity index (χ0v) is 13.5. The number of carboxylic acids is 1. The first-order chi connectivity index (χ1) is 9.28. The fourth-order valence-corrected chi connectivity index (χ4v) is 3.12. The molecule has 0 aromatic rings. The number of rotatable bonds is 7. The van der Waals surface area contributed by atoms with Gasteiger partial charge in [0.2, 0.25) is 0 Å². The van der Waals surface area contributed by atoms with Crippen molar-refractivity contribution in [2.24, 2.45) is 0 Å². The molecule has 1 saturated heterocycles. The highest BCUT2D eigenvalue weighted by molar-refractivity contribution is 5.78. The average molecular weight is 286 g/mol. The summed E-state index contributed by atoms with van der Waals surface area (Å²) in [6, 6.07) is 0.372. The van der Waals surface area contributed by atoms with Gasteiger partial charge in [-0.25, -0.2) is 0 Å². The topological polar surface area (TPSA) is 61.8 Å². The molecule has 2 N–H and O–H groups in total. The largest absolute Gasteiger partial charge is 0.480 e. The second-order valence-electron chi connectivity index (χ2n) is 6.48. The molecule has 0 spiro atoms. The monoisotopic (exact) mass is 286 g/mol. The van der Waals surface area contributed by atoms with Crippen LogP contribution in [0.3, 0.4) is 0 Å². The normalized spacial score (nSPS) is 25.4. The van der Waals surface area contributed by atoms with Crippen molar-refractivity contribution < 1.29 is 14.6 Å². The van der Waals surface area contributed by atoms with Crippen LogP contribution >= 0.6 is 0 Å². The SMILES string of the molecule is COC1CCCN(C(C)CC(C)(NC(C)C)C(=O)O)C1. The first-order valence-electron chi connectivity index (χ1n) is 7.56. The second-order valence-corrected chi connectivity index (χ2v) is 6.48. The minimum atomic E-state index is -0.881. The van der Waals surface area contributed by atoms with Gasteiger partial charge in [0, 0.05) is 25.7 Å². The van der Waals surface area contributed by atoms with E-state index in [2.05, 4.69) is 17.1 Å². The highest BCUT2D eigenvalue weighted by Crippen LogP contribution is 2.22. The molecule has 0 radical (unpaired) electrons. The molecule has 0 aromatic carbocycles. The molecular weight excluding hydrogens is 256 g/mol. The van der Waals surface area contributed by atoms with Crippen LogP contribution in [0.25, 0.3) is 0 Å². The number of likely N-dealkylation sites (tertiary alicyclic amines) is 1. The van der Waals surface area contributed by atoms with Crippen LogP contribution < -0.4 is 5.32 Å². The van der Waals surface area contributed by atoms with Gasteiger partial charge < -0.3 is 9.84 Å². The Morgan fingerprint density at radius 3 is 2.65 bits per heavy atom. The Balaban J connectivity index is 2.65. The van der Waals surface area contributed by atoms with Crippen molar-refractivity contribution in [3.05, 3.63) is 0 Å². The minimum Gasteiger partial charge on any atom is -0.480 e.